The van der Waals surface area contributed by atoms with Crippen molar-refractivity contribution in [1.82, 2.24) is 5.32 Å². The number of carbonyl (C=O) groups is 1. The molecule has 0 radical (unpaired) electrons. The van der Waals surface area contributed by atoms with Crippen LogP contribution in [0.15, 0.2) is 24.3 Å². The Morgan fingerprint density at radius 1 is 1.47 bits per heavy atom. The first-order valence-corrected chi connectivity index (χ1v) is 4.67. The van der Waals surface area contributed by atoms with E-state index in [0.717, 1.165) is 0 Å². The molecule has 3 nitrogen and oxygen atoms in total. The van der Waals surface area contributed by atoms with Crippen molar-refractivity contribution in [2.24, 2.45) is 0 Å². The van der Waals surface area contributed by atoms with Crippen LogP contribution in [-0.4, -0.2) is 17.6 Å². The van der Waals surface area contributed by atoms with Gasteiger partial charge in [-0.1, -0.05) is 24.1 Å². The predicted octanol–water partition coefficient (Wildman–Crippen LogP) is 1.07. The number of rotatable bonds is 3. The molecule has 2 N–H and O–H groups in total. The van der Waals surface area contributed by atoms with E-state index in [1.807, 2.05) is 0 Å². The van der Waals surface area contributed by atoms with Gasteiger partial charge in [0.1, 0.15) is 5.75 Å². The molecular formula is C12H13NO2. The summed E-state index contributed by atoms with van der Waals surface area (Å²) in [6.07, 6.45) is 0.179. The molecule has 0 aliphatic heterocycles. The second-order valence-electron chi connectivity index (χ2n) is 3.01. The van der Waals surface area contributed by atoms with Crippen LogP contribution in [0.4, 0.5) is 0 Å². The fourth-order valence-electron chi connectivity index (χ4n) is 1.13. The van der Waals surface area contributed by atoms with Crippen molar-refractivity contribution >= 4 is 5.91 Å². The predicted molar refractivity (Wildman–Crippen MR) is 58.3 cm³/mol. The van der Waals surface area contributed by atoms with E-state index < -0.39 is 0 Å². The van der Waals surface area contributed by atoms with Crippen LogP contribution in [0.1, 0.15) is 12.5 Å². The molecular weight excluding hydrogens is 190 g/mol. The minimum atomic E-state index is -0.140. The molecule has 0 bridgehead atoms. The van der Waals surface area contributed by atoms with Gasteiger partial charge < -0.3 is 10.4 Å². The van der Waals surface area contributed by atoms with Gasteiger partial charge in [0, 0.05) is 5.56 Å². The molecule has 1 aromatic rings. The van der Waals surface area contributed by atoms with Crippen LogP contribution >= 0.6 is 0 Å². The van der Waals surface area contributed by atoms with Crippen molar-refractivity contribution in [2.75, 3.05) is 6.54 Å². The number of nitrogens with one attached hydrogen (secondary N) is 1. The Morgan fingerprint density at radius 2 is 2.20 bits per heavy atom. The third-order valence-corrected chi connectivity index (χ3v) is 1.89. The number of phenolic OH excluding ortho intramolecular Hbond substituents is 1. The highest BCUT2D eigenvalue weighted by Crippen LogP contribution is 2.15. The van der Waals surface area contributed by atoms with Crippen LogP contribution in [0.25, 0.3) is 0 Å². The molecule has 0 spiro atoms. The van der Waals surface area contributed by atoms with Crippen molar-refractivity contribution in [3.05, 3.63) is 29.8 Å². The largest absolute Gasteiger partial charge is 0.508 e. The van der Waals surface area contributed by atoms with E-state index >= 15 is 0 Å². The smallest absolute Gasteiger partial charge is 0.225 e. The van der Waals surface area contributed by atoms with Gasteiger partial charge in [-0.2, -0.15) is 0 Å². The molecule has 0 aromatic heterocycles. The summed E-state index contributed by atoms with van der Waals surface area (Å²) < 4.78 is 0. The molecule has 1 amide bonds. The Labute approximate surface area is 89.1 Å². The van der Waals surface area contributed by atoms with Gasteiger partial charge in [-0.05, 0) is 13.0 Å². The molecule has 1 rings (SSSR count). The lowest BCUT2D eigenvalue weighted by Gasteiger charge is -2.03. The van der Waals surface area contributed by atoms with Crippen molar-refractivity contribution in [3.8, 4) is 17.6 Å². The summed E-state index contributed by atoms with van der Waals surface area (Å²) in [5.41, 5.74) is 0.624. The van der Waals surface area contributed by atoms with Gasteiger partial charge >= 0.3 is 0 Å². The zero-order valence-corrected chi connectivity index (χ0v) is 8.58. The molecule has 78 valence electrons. The van der Waals surface area contributed by atoms with Crippen molar-refractivity contribution < 1.29 is 9.90 Å². The van der Waals surface area contributed by atoms with Crippen LogP contribution in [0.2, 0.25) is 0 Å². The fourth-order valence-corrected chi connectivity index (χ4v) is 1.13. The Bertz CT molecular complexity index is 402. The van der Waals surface area contributed by atoms with Gasteiger partial charge in [0.05, 0.1) is 13.0 Å². The third kappa shape index (κ3) is 3.74. The van der Waals surface area contributed by atoms with Gasteiger partial charge in [-0.3, -0.25) is 4.79 Å². The van der Waals surface area contributed by atoms with Crippen LogP contribution in [-0.2, 0) is 11.2 Å². The SMILES string of the molecule is CC#CCNC(=O)Cc1ccccc1O. The molecule has 0 aliphatic carbocycles. The Hall–Kier alpha value is -1.95. The van der Waals surface area contributed by atoms with E-state index in [1.54, 1.807) is 31.2 Å². The molecule has 0 atom stereocenters. The summed E-state index contributed by atoms with van der Waals surface area (Å²) in [6.45, 7) is 2.07. The monoisotopic (exact) mass is 203 g/mol. The normalized spacial score (nSPS) is 8.87. The summed E-state index contributed by atoms with van der Waals surface area (Å²) >= 11 is 0. The number of hydrogen-bond donors (Lipinski definition) is 2. The highest BCUT2D eigenvalue weighted by atomic mass is 16.3. The molecule has 3 heteroatoms. The van der Waals surface area contributed by atoms with Gasteiger partial charge in [0.15, 0.2) is 0 Å². The molecule has 0 saturated heterocycles. The standard InChI is InChI=1S/C12H13NO2/c1-2-3-8-13-12(15)9-10-6-4-5-7-11(10)14/h4-7,14H,8-9H2,1H3,(H,13,15). The van der Waals surface area contributed by atoms with E-state index in [2.05, 4.69) is 17.2 Å². The second-order valence-corrected chi connectivity index (χ2v) is 3.01. The van der Waals surface area contributed by atoms with E-state index in [0.29, 0.717) is 12.1 Å². The molecule has 0 unspecified atom stereocenters. The van der Waals surface area contributed by atoms with E-state index in [1.165, 1.54) is 0 Å². The summed E-state index contributed by atoms with van der Waals surface area (Å²) in [6, 6.07) is 6.79. The average molecular weight is 203 g/mol. The summed E-state index contributed by atoms with van der Waals surface area (Å²) in [5.74, 6) is 5.43. The Balaban J connectivity index is 2.50. The number of hydrogen-bond acceptors (Lipinski definition) is 2. The highest BCUT2D eigenvalue weighted by molar-refractivity contribution is 5.79. The molecule has 0 heterocycles. The number of carbonyl (C=O) groups excluding carboxylic acids is 1. The van der Waals surface area contributed by atoms with E-state index in [4.69, 9.17) is 0 Å². The first kappa shape index (κ1) is 11.1. The van der Waals surface area contributed by atoms with Gasteiger partial charge in [-0.25, -0.2) is 0 Å². The average Bonchev–Trinajstić information content (AvgIpc) is 2.22. The second kappa shape index (κ2) is 5.71. The van der Waals surface area contributed by atoms with Gasteiger partial charge in [0.25, 0.3) is 0 Å². The lowest BCUT2D eigenvalue weighted by Crippen LogP contribution is -2.25. The maximum absolute atomic E-state index is 11.3. The Morgan fingerprint density at radius 3 is 2.87 bits per heavy atom. The van der Waals surface area contributed by atoms with Crippen LogP contribution in [0.3, 0.4) is 0 Å². The minimum absolute atomic E-state index is 0.140. The van der Waals surface area contributed by atoms with Gasteiger partial charge in [-0.15, -0.1) is 5.92 Å². The third-order valence-electron chi connectivity index (χ3n) is 1.89. The van der Waals surface area contributed by atoms with Crippen LogP contribution in [0, 0.1) is 11.8 Å². The number of benzene rings is 1. The molecule has 0 fully saturated rings. The highest BCUT2D eigenvalue weighted by Gasteiger charge is 2.05. The fraction of sp³-hybridized carbons (Fsp3) is 0.250. The molecule has 15 heavy (non-hydrogen) atoms. The lowest BCUT2D eigenvalue weighted by atomic mass is 10.1. The number of phenols is 1. The zero-order valence-electron chi connectivity index (χ0n) is 8.58. The van der Waals surface area contributed by atoms with Crippen molar-refractivity contribution in [1.29, 1.82) is 0 Å². The van der Waals surface area contributed by atoms with E-state index in [-0.39, 0.29) is 18.1 Å². The van der Waals surface area contributed by atoms with Crippen molar-refractivity contribution in [2.45, 2.75) is 13.3 Å². The van der Waals surface area contributed by atoms with Crippen LogP contribution in [0.5, 0.6) is 5.75 Å². The molecule has 0 aliphatic rings. The van der Waals surface area contributed by atoms with Gasteiger partial charge in [0.2, 0.25) is 5.91 Å². The molecule has 1 aromatic carbocycles. The minimum Gasteiger partial charge on any atom is -0.508 e. The van der Waals surface area contributed by atoms with E-state index in [9.17, 15) is 9.90 Å². The quantitative estimate of drug-likeness (QED) is 0.722. The van der Waals surface area contributed by atoms with Crippen molar-refractivity contribution in [3.63, 3.8) is 0 Å². The topological polar surface area (TPSA) is 49.3 Å². The summed E-state index contributed by atoms with van der Waals surface area (Å²) in [4.78, 5) is 11.3. The summed E-state index contributed by atoms with van der Waals surface area (Å²) in [7, 11) is 0. The first-order chi connectivity index (χ1) is 7.24. The zero-order chi connectivity index (χ0) is 11.1. The maximum atomic E-state index is 11.3. The number of amides is 1. The lowest BCUT2D eigenvalue weighted by molar-refractivity contribution is -0.120. The first-order valence-electron chi connectivity index (χ1n) is 4.67. The summed E-state index contributed by atoms with van der Waals surface area (Å²) in [5, 5.41) is 12.1. The Kier molecular flexibility index (Phi) is 4.24. The number of aromatic hydroxyl groups is 1. The van der Waals surface area contributed by atoms with Crippen LogP contribution < -0.4 is 5.32 Å². The number of para-hydroxylation sites is 1. The maximum Gasteiger partial charge on any atom is 0.225 e. The molecule has 0 saturated carbocycles.